The zero-order valence-corrected chi connectivity index (χ0v) is 19.0. The molecule has 1 aliphatic rings. The van der Waals surface area contributed by atoms with E-state index in [1.54, 1.807) is 36.4 Å². The second-order valence-electron chi connectivity index (χ2n) is 7.72. The Kier molecular flexibility index (Phi) is 7.06. The fourth-order valence-corrected chi connectivity index (χ4v) is 5.09. The predicted molar refractivity (Wildman–Crippen MR) is 118 cm³/mol. The number of nitrogens with one attached hydrogen (secondary N) is 1. The van der Waals surface area contributed by atoms with Gasteiger partial charge in [-0.05, 0) is 69.0 Å². The lowest BCUT2D eigenvalue weighted by molar-refractivity contribution is -0.124. The molecule has 1 fully saturated rings. The Bertz CT molecular complexity index is 991. The summed E-state index contributed by atoms with van der Waals surface area (Å²) in [7, 11) is -3.50. The van der Waals surface area contributed by atoms with E-state index in [9.17, 15) is 13.2 Å². The number of carbonyl (C=O) groups excluding carboxylic acids is 1. The van der Waals surface area contributed by atoms with E-state index < -0.39 is 10.0 Å². The first-order valence-electron chi connectivity index (χ1n) is 9.92. The fourth-order valence-electron chi connectivity index (χ4n) is 3.51. The first-order chi connectivity index (χ1) is 14.2. The second kappa shape index (κ2) is 9.37. The molecule has 1 aliphatic heterocycles. The van der Waals surface area contributed by atoms with Crippen molar-refractivity contribution in [3.8, 4) is 5.75 Å². The van der Waals surface area contributed by atoms with E-state index in [2.05, 4.69) is 5.32 Å². The lowest BCUT2D eigenvalue weighted by Crippen LogP contribution is -2.47. The summed E-state index contributed by atoms with van der Waals surface area (Å²) in [5.41, 5.74) is 2.81. The average Bonchev–Trinajstić information content (AvgIpc) is 2.71. The summed E-state index contributed by atoms with van der Waals surface area (Å²) in [5, 5.41) is 3.63. The third-order valence-electron chi connectivity index (χ3n) is 5.26. The molecule has 2 aromatic carbocycles. The van der Waals surface area contributed by atoms with Crippen LogP contribution in [-0.4, -0.2) is 44.4 Å². The van der Waals surface area contributed by atoms with Crippen molar-refractivity contribution in [2.24, 2.45) is 0 Å². The molecule has 1 saturated heterocycles. The highest BCUT2D eigenvalue weighted by molar-refractivity contribution is 7.89. The van der Waals surface area contributed by atoms with Gasteiger partial charge >= 0.3 is 0 Å². The van der Waals surface area contributed by atoms with Crippen LogP contribution in [0.5, 0.6) is 5.75 Å². The number of ether oxygens (including phenoxy) is 1. The number of piperidine rings is 1. The Morgan fingerprint density at radius 2 is 1.67 bits per heavy atom. The van der Waals surface area contributed by atoms with Gasteiger partial charge in [-0.25, -0.2) is 8.42 Å². The molecule has 0 saturated carbocycles. The molecule has 1 N–H and O–H groups in total. The molecular formula is C22H27ClN2O4S. The molecule has 0 bridgehead atoms. The van der Waals surface area contributed by atoms with Crippen molar-refractivity contribution in [2.75, 3.05) is 19.7 Å². The molecule has 3 rings (SSSR count). The largest absolute Gasteiger partial charge is 0.484 e. The molecule has 0 aromatic heterocycles. The lowest BCUT2D eigenvalue weighted by atomic mass is 10.1. The summed E-state index contributed by atoms with van der Waals surface area (Å²) in [6.45, 7) is 6.35. The van der Waals surface area contributed by atoms with Crippen LogP contribution in [0.15, 0.2) is 41.3 Å². The van der Waals surface area contributed by atoms with Gasteiger partial charge in [0, 0.05) is 24.2 Å². The molecule has 2 aromatic rings. The van der Waals surface area contributed by atoms with Gasteiger partial charge in [-0.15, -0.1) is 0 Å². The molecule has 0 atom stereocenters. The molecule has 0 unspecified atom stereocenters. The highest BCUT2D eigenvalue weighted by atomic mass is 35.5. The standard InChI is InChI=1S/C22H27ClN2O4S/c1-15-4-6-20(7-5-15)30(27,28)25-10-8-18(9-11-25)24-21(26)14-29-19-12-16(2)22(23)17(3)13-19/h4-7,12-13,18H,8-11,14H2,1-3H3,(H,24,26). The molecule has 162 valence electrons. The van der Waals surface area contributed by atoms with Crippen molar-refractivity contribution in [3.63, 3.8) is 0 Å². The molecule has 8 heteroatoms. The van der Waals surface area contributed by atoms with E-state index >= 15 is 0 Å². The third-order valence-corrected chi connectivity index (χ3v) is 7.77. The molecule has 1 heterocycles. The zero-order chi connectivity index (χ0) is 21.9. The van der Waals surface area contributed by atoms with Gasteiger partial charge in [-0.3, -0.25) is 4.79 Å². The van der Waals surface area contributed by atoms with Crippen molar-refractivity contribution < 1.29 is 17.9 Å². The smallest absolute Gasteiger partial charge is 0.258 e. The first kappa shape index (κ1) is 22.6. The second-order valence-corrected chi connectivity index (χ2v) is 10.0. The van der Waals surface area contributed by atoms with Crippen molar-refractivity contribution in [1.29, 1.82) is 0 Å². The highest BCUT2D eigenvalue weighted by Crippen LogP contribution is 2.26. The van der Waals surface area contributed by atoms with Crippen LogP contribution in [-0.2, 0) is 14.8 Å². The number of hydrogen-bond acceptors (Lipinski definition) is 4. The van der Waals surface area contributed by atoms with E-state index in [-0.39, 0.29) is 18.6 Å². The molecule has 0 spiro atoms. The molecule has 0 radical (unpaired) electrons. The maximum atomic E-state index is 12.8. The van der Waals surface area contributed by atoms with Crippen LogP contribution in [0.25, 0.3) is 0 Å². The van der Waals surface area contributed by atoms with Gasteiger partial charge in [0.15, 0.2) is 6.61 Å². The quantitative estimate of drug-likeness (QED) is 0.729. The Morgan fingerprint density at radius 1 is 1.10 bits per heavy atom. The Morgan fingerprint density at radius 3 is 2.23 bits per heavy atom. The molecule has 1 amide bonds. The minimum absolute atomic E-state index is 0.0701. The van der Waals surface area contributed by atoms with E-state index in [0.717, 1.165) is 16.7 Å². The number of amides is 1. The number of carbonyl (C=O) groups is 1. The average molecular weight is 451 g/mol. The summed E-state index contributed by atoms with van der Waals surface area (Å²) < 4.78 is 32.6. The van der Waals surface area contributed by atoms with Gasteiger partial charge in [0.25, 0.3) is 5.91 Å². The number of hydrogen-bond donors (Lipinski definition) is 1. The molecule has 30 heavy (non-hydrogen) atoms. The van der Waals surface area contributed by atoms with E-state index in [1.165, 1.54) is 4.31 Å². The van der Waals surface area contributed by atoms with Crippen LogP contribution in [0.2, 0.25) is 5.02 Å². The fraction of sp³-hybridized carbons (Fsp3) is 0.409. The minimum atomic E-state index is -3.50. The maximum Gasteiger partial charge on any atom is 0.258 e. The molecular weight excluding hydrogens is 424 g/mol. The molecule has 0 aliphatic carbocycles. The minimum Gasteiger partial charge on any atom is -0.484 e. The predicted octanol–water partition coefficient (Wildman–Crippen LogP) is 3.61. The Labute approximate surface area is 183 Å². The van der Waals surface area contributed by atoms with Gasteiger partial charge in [0.05, 0.1) is 4.90 Å². The van der Waals surface area contributed by atoms with Crippen LogP contribution in [0.3, 0.4) is 0 Å². The highest BCUT2D eigenvalue weighted by Gasteiger charge is 2.29. The van der Waals surface area contributed by atoms with E-state index in [4.69, 9.17) is 16.3 Å². The number of rotatable bonds is 6. The Balaban J connectivity index is 1.49. The van der Waals surface area contributed by atoms with Gasteiger partial charge < -0.3 is 10.1 Å². The van der Waals surface area contributed by atoms with Crippen LogP contribution in [0.1, 0.15) is 29.5 Å². The SMILES string of the molecule is Cc1ccc(S(=O)(=O)N2CCC(NC(=O)COc3cc(C)c(Cl)c(C)c3)CC2)cc1. The lowest BCUT2D eigenvalue weighted by Gasteiger charge is -2.31. The topological polar surface area (TPSA) is 75.7 Å². The van der Waals surface area contributed by atoms with Gasteiger partial charge in [0.1, 0.15) is 5.75 Å². The zero-order valence-electron chi connectivity index (χ0n) is 17.4. The Hall–Kier alpha value is -2.09. The summed E-state index contributed by atoms with van der Waals surface area (Å²) in [5.74, 6) is 0.378. The van der Waals surface area contributed by atoms with Crippen LogP contribution in [0, 0.1) is 20.8 Å². The van der Waals surface area contributed by atoms with Gasteiger partial charge in [-0.2, -0.15) is 4.31 Å². The van der Waals surface area contributed by atoms with Crippen molar-refractivity contribution in [2.45, 2.75) is 44.6 Å². The number of halogens is 1. The van der Waals surface area contributed by atoms with Crippen LogP contribution < -0.4 is 10.1 Å². The normalized spacial score (nSPS) is 15.7. The van der Waals surface area contributed by atoms with Gasteiger partial charge in [-0.1, -0.05) is 29.3 Å². The van der Waals surface area contributed by atoms with Gasteiger partial charge in [0.2, 0.25) is 10.0 Å². The summed E-state index contributed by atoms with van der Waals surface area (Å²) >= 11 is 6.15. The number of nitrogens with zero attached hydrogens (tertiary/aromatic N) is 1. The first-order valence-corrected chi connectivity index (χ1v) is 11.7. The van der Waals surface area contributed by atoms with Crippen LogP contribution >= 0.6 is 11.6 Å². The van der Waals surface area contributed by atoms with Crippen molar-refractivity contribution in [1.82, 2.24) is 9.62 Å². The third kappa shape index (κ3) is 5.33. The number of benzene rings is 2. The van der Waals surface area contributed by atoms with E-state index in [1.807, 2.05) is 20.8 Å². The summed E-state index contributed by atoms with van der Waals surface area (Å²) in [6.07, 6.45) is 1.13. The van der Waals surface area contributed by atoms with Crippen molar-refractivity contribution in [3.05, 3.63) is 58.1 Å². The van der Waals surface area contributed by atoms with E-state index in [0.29, 0.717) is 41.6 Å². The monoisotopic (exact) mass is 450 g/mol. The van der Waals surface area contributed by atoms with Crippen LogP contribution in [0.4, 0.5) is 0 Å². The van der Waals surface area contributed by atoms with Crippen molar-refractivity contribution >= 4 is 27.5 Å². The number of aryl methyl sites for hydroxylation is 3. The summed E-state index contributed by atoms with van der Waals surface area (Å²) in [4.78, 5) is 12.6. The maximum absolute atomic E-state index is 12.8. The molecule has 6 nitrogen and oxygen atoms in total. The summed E-state index contributed by atoms with van der Waals surface area (Å²) in [6, 6.07) is 10.4. The number of sulfonamides is 1.